The molecular formula is C14H17Cl3N2. The SMILES string of the molecule is CN1C2CCC1CC(Nc1c(Cl)cc(Cl)cc1Cl)C2. The molecule has 2 nitrogen and oxygen atoms in total. The third-order valence-electron chi connectivity index (χ3n) is 4.45. The van der Waals surface area contributed by atoms with Crippen molar-refractivity contribution >= 4 is 40.5 Å². The van der Waals surface area contributed by atoms with Crippen LogP contribution in [0.25, 0.3) is 0 Å². The van der Waals surface area contributed by atoms with Crippen LogP contribution in [0.4, 0.5) is 5.69 Å². The van der Waals surface area contributed by atoms with Crippen molar-refractivity contribution in [3.63, 3.8) is 0 Å². The number of hydrogen-bond donors (Lipinski definition) is 1. The van der Waals surface area contributed by atoms with Gasteiger partial charge in [-0.15, -0.1) is 0 Å². The molecule has 2 bridgehead atoms. The van der Waals surface area contributed by atoms with Gasteiger partial charge in [0.15, 0.2) is 0 Å². The molecule has 2 unspecified atom stereocenters. The zero-order valence-electron chi connectivity index (χ0n) is 10.8. The number of nitrogens with one attached hydrogen (secondary N) is 1. The van der Waals surface area contributed by atoms with Gasteiger partial charge < -0.3 is 10.2 Å². The zero-order chi connectivity index (χ0) is 13.6. The van der Waals surface area contributed by atoms with Crippen LogP contribution in [0, 0.1) is 0 Å². The van der Waals surface area contributed by atoms with E-state index in [1.165, 1.54) is 12.8 Å². The van der Waals surface area contributed by atoms with Crippen molar-refractivity contribution < 1.29 is 0 Å². The largest absolute Gasteiger partial charge is 0.380 e. The molecule has 0 amide bonds. The molecule has 2 fully saturated rings. The monoisotopic (exact) mass is 318 g/mol. The fourth-order valence-electron chi connectivity index (χ4n) is 3.41. The molecule has 19 heavy (non-hydrogen) atoms. The van der Waals surface area contributed by atoms with Crippen molar-refractivity contribution in [2.45, 2.75) is 43.8 Å². The van der Waals surface area contributed by atoms with Crippen LogP contribution in [0.2, 0.25) is 15.1 Å². The molecule has 3 rings (SSSR count). The van der Waals surface area contributed by atoms with Crippen LogP contribution >= 0.6 is 34.8 Å². The number of anilines is 1. The lowest BCUT2D eigenvalue weighted by molar-refractivity contribution is 0.169. The van der Waals surface area contributed by atoms with Crippen LogP contribution < -0.4 is 5.32 Å². The Morgan fingerprint density at radius 2 is 1.58 bits per heavy atom. The highest BCUT2D eigenvalue weighted by Gasteiger charge is 2.38. The van der Waals surface area contributed by atoms with Crippen LogP contribution in [0.1, 0.15) is 25.7 Å². The van der Waals surface area contributed by atoms with Gasteiger partial charge in [-0.05, 0) is 44.9 Å². The quantitative estimate of drug-likeness (QED) is 0.851. The lowest BCUT2D eigenvalue weighted by atomic mass is 9.98. The van der Waals surface area contributed by atoms with Crippen molar-refractivity contribution in [3.8, 4) is 0 Å². The Bertz CT molecular complexity index is 455. The Balaban J connectivity index is 1.76. The molecule has 5 heteroatoms. The van der Waals surface area contributed by atoms with Crippen LogP contribution in [0.3, 0.4) is 0 Å². The maximum atomic E-state index is 6.23. The van der Waals surface area contributed by atoms with Gasteiger partial charge in [0, 0.05) is 23.1 Å². The van der Waals surface area contributed by atoms with E-state index in [4.69, 9.17) is 34.8 Å². The van der Waals surface area contributed by atoms with E-state index < -0.39 is 0 Å². The Labute approximate surface area is 129 Å². The summed E-state index contributed by atoms with van der Waals surface area (Å²) in [5.74, 6) is 0. The molecule has 1 aromatic carbocycles. The van der Waals surface area contributed by atoms with Crippen LogP contribution in [0.5, 0.6) is 0 Å². The Morgan fingerprint density at radius 3 is 2.11 bits per heavy atom. The number of rotatable bonds is 2. The second-order valence-corrected chi connectivity index (χ2v) is 6.86. The third-order valence-corrected chi connectivity index (χ3v) is 5.27. The first-order valence-corrected chi connectivity index (χ1v) is 7.81. The van der Waals surface area contributed by atoms with E-state index >= 15 is 0 Å². The predicted molar refractivity (Wildman–Crippen MR) is 82.7 cm³/mol. The number of halogens is 3. The highest BCUT2D eigenvalue weighted by atomic mass is 35.5. The molecule has 2 aliphatic heterocycles. The molecule has 104 valence electrons. The summed E-state index contributed by atoms with van der Waals surface area (Å²) in [6.07, 6.45) is 4.92. The summed E-state index contributed by atoms with van der Waals surface area (Å²) >= 11 is 18.4. The topological polar surface area (TPSA) is 15.3 Å². The molecule has 1 aromatic rings. The standard InChI is InChI=1S/C14H17Cl3N2/c1-19-10-2-3-11(19)7-9(6-10)18-14-12(16)4-8(15)5-13(14)17/h4-5,9-11,18H,2-3,6-7H2,1H3. The minimum atomic E-state index is 0.449. The van der Waals surface area contributed by atoms with Gasteiger partial charge in [0.25, 0.3) is 0 Å². The number of piperidine rings is 1. The summed E-state index contributed by atoms with van der Waals surface area (Å²) in [6.45, 7) is 0. The highest BCUT2D eigenvalue weighted by molar-refractivity contribution is 6.41. The molecule has 0 aliphatic carbocycles. The second-order valence-electron chi connectivity index (χ2n) is 5.61. The molecule has 0 saturated carbocycles. The van der Waals surface area contributed by atoms with Crippen molar-refractivity contribution in [2.75, 3.05) is 12.4 Å². The lowest BCUT2D eigenvalue weighted by Crippen LogP contribution is -2.44. The molecule has 0 aromatic heterocycles. The van der Waals surface area contributed by atoms with Crippen molar-refractivity contribution in [1.29, 1.82) is 0 Å². The van der Waals surface area contributed by atoms with Gasteiger partial charge in [-0.3, -0.25) is 0 Å². The van der Waals surface area contributed by atoms with Gasteiger partial charge in [0.05, 0.1) is 15.7 Å². The first kappa shape index (κ1) is 13.8. The fourth-order valence-corrected chi connectivity index (χ4v) is 4.34. The first-order valence-electron chi connectivity index (χ1n) is 6.67. The van der Waals surface area contributed by atoms with Crippen LogP contribution in [0.15, 0.2) is 12.1 Å². The molecule has 2 aliphatic rings. The zero-order valence-corrected chi connectivity index (χ0v) is 13.1. The summed E-state index contributed by atoms with van der Waals surface area (Å²) in [4.78, 5) is 2.52. The summed E-state index contributed by atoms with van der Waals surface area (Å²) in [7, 11) is 2.24. The Morgan fingerprint density at radius 1 is 1.05 bits per heavy atom. The van der Waals surface area contributed by atoms with Gasteiger partial charge >= 0.3 is 0 Å². The van der Waals surface area contributed by atoms with E-state index in [-0.39, 0.29) is 0 Å². The van der Waals surface area contributed by atoms with E-state index in [1.807, 2.05) is 0 Å². The van der Waals surface area contributed by atoms with Crippen LogP contribution in [-0.4, -0.2) is 30.1 Å². The van der Waals surface area contributed by atoms with Gasteiger partial charge in [-0.25, -0.2) is 0 Å². The summed E-state index contributed by atoms with van der Waals surface area (Å²) in [6, 6.07) is 5.31. The average Bonchev–Trinajstić information content (AvgIpc) is 2.58. The van der Waals surface area contributed by atoms with E-state index in [0.29, 0.717) is 33.2 Å². The maximum absolute atomic E-state index is 6.23. The van der Waals surface area contributed by atoms with E-state index in [2.05, 4.69) is 17.3 Å². The number of benzene rings is 1. The predicted octanol–water partition coefficient (Wildman–Crippen LogP) is 4.68. The summed E-state index contributed by atoms with van der Waals surface area (Å²) in [5.41, 5.74) is 0.821. The Hall–Kier alpha value is -0.150. The lowest BCUT2D eigenvalue weighted by Gasteiger charge is -2.37. The van der Waals surface area contributed by atoms with E-state index in [0.717, 1.165) is 18.5 Å². The van der Waals surface area contributed by atoms with E-state index in [9.17, 15) is 0 Å². The molecule has 1 N–H and O–H groups in total. The van der Waals surface area contributed by atoms with Gasteiger partial charge in [-0.1, -0.05) is 34.8 Å². The number of fused-ring (bicyclic) bond motifs is 2. The molecule has 0 radical (unpaired) electrons. The van der Waals surface area contributed by atoms with Crippen molar-refractivity contribution in [3.05, 3.63) is 27.2 Å². The average molecular weight is 320 g/mol. The van der Waals surface area contributed by atoms with Gasteiger partial charge in [-0.2, -0.15) is 0 Å². The maximum Gasteiger partial charge on any atom is 0.0722 e. The van der Waals surface area contributed by atoms with Gasteiger partial charge in [0.2, 0.25) is 0 Å². The summed E-state index contributed by atoms with van der Waals surface area (Å²) in [5, 5.41) is 5.29. The smallest absolute Gasteiger partial charge is 0.0722 e. The number of nitrogens with zero attached hydrogens (tertiary/aromatic N) is 1. The molecule has 2 heterocycles. The summed E-state index contributed by atoms with van der Waals surface area (Å²) < 4.78 is 0. The minimum absolute atomic E-state index is 0.449. The highest BCUT2D eigenvalue weighted by Crippen LogP contribution is 2.39. The van der Waals surface area contributed by atoms with E-state index in [1.54, 1.807) is 12.1 Å². The number of hydrogen-bond acceptors (Lipinski definition) is 2. The van der Waals surface area contributed by atoms with Crippen molar-refractivity contribution in [1.82, 2.24) is 4.90 Å². The minimum Gasteiger partial charge on any atom is -0.380 e. The fraction of sp³-hybridized carbons (Fsp3) is 0.571. The second kappa shape index (κ2) is 5.33. The normalized spacial score (nSPS) is 30.6. The molecule has 2 atom stereocenters. The molecule has 2 saturated heterocycles. The van der Waals surface area contributed by atoms with Crippen LogP contribution in [-0.2, 0) is 0 Å². The third kappa shape index (κ3) is 2.69. The van der Waals surface area contributed by atoms with Gasteiger partial charge in [0.1, 0.15) is 0 Å². The first-order chi connectivity index (χ1) is 9.04. The van der Waals surface area contributed by atoms with Crippen molar-refractivity contribution in [2.24, 2.45) is 0 Å². The molecule has 0 spiro atoms. The Kier molecular flexibility index (Phi) is 3.87. The molecular weight excluding hydrogens is 303 g/mol.